The van der Waals surface area contributed by atoms with Crippen molar-refractivity contribution in [3.05, 3.63) is 16.6 Å². The molecular formula is C15H27N3S. The summed E-state index contributed by atoms with van der Waals surface area (Å²) >= 11 is 1.67. The SMILES string of the molecule is CCCC1CCC(N)C(CN(C)Cc2cscn2)C1. The molecule has 3 nitrogen and oxygen atoms in total. The molecule has 0 spiro atoms. The molecule has 0 aliphatic heterocycles. The Hall–Kier alpha value is -0.450. The second kappa shape index (κ2) is 7.36. The maximum absolute atomic E-state index is 6.32. The molecule has 3 unspecified atom stereocenters. The van der Waals surface area contributed by atoms with E-state index in [0.29, 0.717) is 12.0 Å². The lowest BCUT2D eigenvalue weighted by molar-refractivity contribution is 0.164. The molecule has 19 heavy (non-hydrogen) atoms. The molecule has 2 rings (SSSR count). The van der Waals surface area contributed by atoms with E-state index >= 15 is 0 Å². The zero-order valence-electron chi connectivity index (χ0n) is 12.2. The molecular weight excluding hydrogens is 254 g/mol. The van der Waals surface area contributed by atoms with Gasteiger partial charge in [0.25, 0.3) is 0 Å². The van der Waals surface area contributed by atoms with Crippen LogP contribution < -0.4 is 5.73 Å². The van der Waals surface area contributed by atoms with Crippen LogP contribution in [0.4, 0.5) is 0 Å². The van der Waals surface area contributed by atoms with Crippen molar-refractivity contribution in [2.45, 2.75) is 51.6 Å². The minimum atomic E-state index is 0.394. The molecule has 0 aromatic carbocycles. The molecule has 108 valence electrons. The van der Waals surface area contributed by atoms with Gasteiger partial charge < -0.3 is 10.6 Å². The quantitative estimate of drug-likeness (QED) is 0.871. The van der Waals surface area contributed by atoms with Gasteiger partial charge in [-0.05, 0) is 38.1 Å². The van der Waals surface area contributed by atoms with Gasteiger partial charge in [0.1, 0.15) is 0 Å². The van der Waals surface area contributed by atoms with Crippen LogP contribution in [-0.2, 0) is 6.54 Å². The van der Waals surface area contributed by atoms with E-state index in [-0.39, 0.29) is 0 Å². The first-order valence-electron chi connectivity index (χ1n) is 7.50. The Bertz CT molecular complexity index is 352. The third kappa shape index (κ3) is 4.55. The maximum atomic E-state index is 6.32. The summed E-state index contributed by atoms with van der Waals surface area (Å²) in [7, 11) is 2.19. The first kappa shape index (κ1) is 14.9. The number of nitrogens with zero attached hydrogens (tertiary/aromatic N) is 2. The fraction of sp³-hybridized carbons (Fsp3) is 0.800. The van der Waals surface area contributed by atoms with Gasteiger partial charge in [0.15, 0.2) is 0 Å². The van der Waals surface area contributed by atoms with Crippen LogP contribution in [0.25, 0.3) is 0 Å². The highest BCUT2D eigenvalue weighted by Gasteiger charge is 2.28. The molecule has 1 aliphatic carbocycles. The van der Waals surface area contributed by atoms with E-state index in [4.69, 9.17) is 5.73 Å². The van der Waals surface area contributed by atoms with Gasteiger partial charge in [-0.3, -0.25) is 0 Å². The zero-order chi connectivity index (χ0) is 13.7. The highest BCUT2D eigenvalue weighted by atomic mass is 32.1. The summed E-state index contributed by atoms with van der Waals surface area (Å²) in [6.45, 7) is 4.35. The third-order valence-electron chi connectivity index (χ3n) is 4.31. The van der Waals surface area contributed by atoms with E-state index < -0.39 is 0 Å². The molecule has 0 bridgehead atoms. The maximum Gasteiger partial charge on any atom is 0.0795 e. The number of thiazole rings is 1. The summed E-state index contributed by atoms with van der Waals surface area (Å²) in [6.07, 6.45) is 6.54. The number of hydrogen-bond acceptors (Lipinski definition) is 4. The Kier molecular flexibility index (Phi) is 5.79. The van der Waals surface area contributed by atoms with E-state index in [2.05, 4.69) is 29.2 Å². The largest absolute Gasteiger partial charge is 0.327 e. The molecule has 1 heterocycles. The number of nitrogens with two attached hydrogens (primary N) is 1. The molecule has 1 saturated carbocycles. The van der Waals surface area contributed by atoms with Crippen LogP contribution in [0.5, 0.6) is 0 Å². The third-order valence-corrected chi connectivity index (χ3v) is 4.94. The van der Waals surface area contributed by atoms with Gasteiger partial charge in [-0.25, -0.2) is 4.98 Å². The minimum Gasteiger partial charge on any atom is -0.327 e. The smallest absolute Gasteiger partial charge is 0.0795 e. The van der Waals surface area contributed by atoms with Crippen molar-refractivity contribution in [1.82, 2.24) is 9.88 Å². The van der Waals surface area contributed by atoms with E-state index in [0.717, 1.165) is 19.0 Å². The lowest BCUT2D eigenvalue weighted by Crippen LogP contribution is -2.42. The van der Waals surface area contributed by atoms with Crippen LogP contribution >= 0.6 is 11.3 Å². The zero-order valence-corrected chi connectivity index (χ0v) is 13.0. The summed E-state index contributed by atoms with van der Waals surface area (Å²) in [4.78, 5) is 6.74. The molecule has 3 atom stereocenters. The van der Waals surface area contributed by atoms with E-state index in [1.54, 1.807) is 11.3 Å². The lowest BCUT2D eigenvalue weighted by Gasteiger charge is -2.36. The van der Waals surface area contributed by atoms with Crippen molar-refractivity contribution in [1.29, 1.82) is 0 Å². The average molecular weight is 281 g/mol. The number of hydrogen-bond donors (Lipinski definition) is 1. The molecule has 0 saturated heterocycles. The van der Waals surface area contributed by atoms with Crippen LogP contribution in [0.3, 0.4) is 0 Å². The van der Waals surface area contributed by atoms with Crippen molar-refractivity contribution in [3.63, 3.8) is 0 Å². The Morgan fingerprint density at radius 2 is 2.32 bits per heavy atom. The molecule has 1 aromatic heterocycles. The highest BCUT2D eigenvalue weighted by Crippen LogP contribution is 2.31. The molecule has 2 N–H and O–H groups in total. The summed E-state index contributed by atoms with van der Waals surface area (Å²) in [5.41, 5.74) is 9.41. The minimum absolute atomic E-state index is 0.394. The second-order valence-corrected chi connectivity index (χ2v) is 6.79. The van der Waals surface area contributed by atoms with Crippen molar-refractivity contribution >= 4 is 11.3 Å². The molecule has 0 amide bonds. The summed E-state index contributed by atoms with van der Waals surface area (Å²) in [5, 5.41) is 2.14. The predicted molar refractivity (Wildman–Crippen MR) is 82.2 cm³/mol. The van der Waals surface area contributed by atoms with Gasteiger partial charge in [0.05, 0.1) is 11.2 Å². The van der Waals surface area contributed by atoms with Crippen LogP contribution in [-0.4, -0.2) is 29.5 Å². The average Bonchev–Trinajstić information content (AvgIpc) is 2.86. The normalized spacial score (nSPS) is 27.9. The van der Waals surface area contributed by atoms with Crippen molar-refractivity contribution < 1.29 is 0 Å². The van der Waals surface area contributed by atoms with Gasteiger partial charge in [0, 0.05) is 24.5 Å². The Morgan fingerprint density at radius 1 is 1.47 bits per heavy atom. The fourth-order valence-electron chi connectivity index (χ4n) is 3.32. The predicted octanol–water partition coefficient (Wildman–Crippen LogP) is 3.12. The van der Waals surface area contributed by atoms with Crippen LogP contribution in [0.15, 0.2) is 10.9 Å². The highest BCUT2D eigenvalue weighted by molar-refractivity contribution is 7.07. The van der Waals surface area contributed by atoms with Gasteiger partial charge >= 0.3 is 0 Å². The Labute approximate surface area is 121 Å². The monoisotopic (exact) mass is 281 g/mol. The second-order valence-electron chi connectivity index (χ2n) is 6.07. The standard InChI is InChI=1S/C15H27N3S/c1-3-4-12-5-6-15(16)13(7-12)8-18(2)9-14-10-19-11-17-14/h10-13,15H,3-9,16H2,1-2H3. The lowest BCUT2D eigenvalue weighted by atomic mass is 9.76. The van der Waals surface area contributed by atoms with Gasteiger partial charge in [-0.1, -0.05) is 19.8 Å². The van der Waals surface area contributed by atoms with Crippen molar-refractivity contribution in [2.24, 2.45) is 17.6 Å². The fourth-order valence-corrected chi connectivity index (χ4v) is 3.87. The molecule has 1 fully saturated rings. The van der Waals surface area contributed by atoms with Crippen molar-refractivity contribution in [2.75, 3.05) is 13.6 Å². The number of rotatable bonds is 6. The van der Waals surface area contributed by atoms with Crippen LogP contribution in [0.2, 0.25) is 0 Å². The summed E-state index contributed by atoms with van der Waals surface area (Å²) < 4.78 is 0. The summed E-state index contributed by atoms with van der Waals surface area (Å²) in [6, 6.07) is 0.394. The van der Waals surface area contributed by atoms with E-state index in [1.807, 2.05) is 5.51 Å². The van der Waals surface area contributed by atoms with Gasteiger partial charge in [0.2, 0.25) is 0 Å². The van der Waals surface area contributed by atoms with Gasteiger partial charge in [-0.2, -0.15) is 0 Å². The molecule has 1 aliphatic rings. The van der Waals surface area contributed by atoms with Crippen LogP contribution in [0, 0.1) is 11.8 Å². The van der Waals surface area contributed by atoms with Gasteiger partial charge in [-0.15, -0.1) is 11.3 Å². The first-order valence-corrected chi connectivity index (χ1v) is 8.44. The molecule has 4 heteroatoms. The first-order chi connectivity index (χ1) is 9.19. The summed E-state index contributed by atoms with van der Waals surface area (Å²) in [5.74, 6) is 1.57. The number of aromatic nitrogens is 1. The van der Waals surface area contributed by atoms with E-state index in [1.165, 1.54) is 37.8 Å². The Balaban J connectivity index is 1.82. The molecule has 1 aromatic rings. The Morgan fingerprint density at radius 3 is 3.00 bits per heavy atom. The van der Waals surface area contributed by atoms with E-state index in [9.17, 15) is 0 Å². The van der Waals surface area contributed by atoms with Crippen molar-refractivity contribution in [3.8, 4) is 0 Å². The topological polar surface area (TPSA) is 42.1 Å². The van der Waals surface area contributed by atoms with Crippen LogP contribution in [0.1, 0.15) is 44.7 Å². The molecule has 0 radical (unpaired) electrons.